The minimum Gasteiger partial charge on any atom is -0.481 e. The van der Waals surface area contributed by atoms with E-state index in [1.54, 1.807) is 33.7 Å². The lowest BCUT2D eigenvalue weighted by atomic mass is 10.1. The number of carbonyl (C=O) groups excluding carboxylic acids is 1. The Morgan fingerprint density at radius 3 is 2.95 bits per heavy atom. The average molecular weight is 297 g/mol. The molecule has 1 saturated heterocycles. The fourth-order valence-corrected chi connectivity index (χ4v) is 3.25. The van der Waals surface area contributed by atoms with Crippen LogP contribution in [0.3, 0.4) is 0 Å². The molecule has 2 rings (SSSR count). The molecule has 1 aromatic rings. The van der Waals surface area contributed by atoms with E-state index in [4.69, 9.17) is 5.11 Å². The molecule has 20 heavy (non-hydrogen) atoms. The third kappa shape index (κ3) is 3.47. The van der Waals surface area contributed by atoms with Crippen LogP contribution in [-0.4, -0.2) is 52.0 Å². The van der Waals surface area contributed by atoms with Gasteiger partial charge in [0.25, 0.3) is 0 Å². The minimum absolute atomic E-state index is 0.0364. The Morgan fingerprint density at radius 2 is 2.35 bits per heavy atom. The van der Waals surface area contributed by atoms with Crippen LogP contribution < -0.4 is 0 Å². The van der Waals surface area contributed by atoms with Gasteiger partial charge in [-0.05, 0) is 19.3 Å². The quantitative estimate of drug-likeness (QED) is 0.919. The van der Waals surface area contributed by atoms with E-state index in [1.165, 1.54) is 0 Å². The van der Waals surface area contributed by atoms with Crippen molar-refractivity contribution in [2.24, 2.45) is 5.92 Å². The van der Waals surface area contributed by atoms with Gasteiger partial charge in [0, 0.05) is 31.4 Å². The molecule has 2 amide bonds. The van der Waals surface area contributed by atoms with Crippen molar-refractivity contribution in [1.82, 2.24) is 14.8 Å². The number of likely N-dealkylation sites (tertiary alicyclic amines) is 1. The van der Waals surface area contributed by atoms with Crippen molar-refractivity contribution in [3.8, 4) is 0 Å². The number of aliphatic carboxylic acids is 1. The largest absolute Gasteiger partial charge is 0.481 e. The summed E-state index contributed by atoms with van der Waals surface area (Å²) in [5.41, 5.74) is 2.74. The molecule has 0 aliphatic carbocycles. The first-order valence-electron chi connectivity index (χ1n) is 6.58. The molecule has 7 heteroatoms. The number of aromatic nitrogens is 1. The molecule has 110 valence electrons. The second kappa shape index (κ2) is 6.21. The summed E-state index contributed by atoms with van der Waals surface area (Å²) in [7, 11) is 1.77. The van der Waals surface area contributed by atoms with Gasteiger partial charge in [0.05, 0.1) is 17.7 Å². The zero-order chi connectivity index (χ0) is 14.7. The zero-order valence-electron chi connectivity index (χ0n) is 11.7. The van der Waals surface area contributed by atoms with Crippen LogP contribution in [0.25, 0.3) is 0 Å². The third-order valence-electron chi connectivity index (χ3n) is 3.57. The molecular formula is C13H19N3O3S. The molecule has 0 aromatic carbocycles. The number of aryl methyl sites for hydroxylation is 1. The molecule has 6 nitrogen and oxygen atoms in total. The highest BCUT2D eigenvalue weighted by molar-refractivity contribution is 7.09. The van der Waals surface area contributed by atoms with Gasteiger partial charge in [-0.3, -0.25) is 4.79 Å². The van der Waals surface area contributed by atoms with Gasteiger partial charge in [0.1, 0.15) is 0 Å². The molecule has 0 saturated carbocycles. The van der Waals surface area contributed by atoms with Gasteiger partial charge in [-0.2, -0.15) is 0 Å². The smallest absolute Gasteiger partial charge is 0.320 e. The van der Waals surface area contributed by atoms with Gasteiger partial charge in [0.2, 0.25) is 0 Å². The molecule has 2 heterocycles. The van der Waals surface area contributed by atoms with Crippen molar-refractivity contribution in [3.05, 3.63) is 16.1 Å². The van der Waals surface area contributed by atoms with Crippen LogP contribution in [0, 0.1) is 12.8 Å². The lowest BCUT2D eigenvalue weighted by Gasteiger charge is -2.24. The monoisotopic (exact) mass is 297 g/mol. The molecule has 0 bridgehead atoms. The number of amides is 2. The van der Waals surface area contributed by atoms with Gasteiger partial charge in [0.15, 0.2) is 0 Å². The predicted octanol–water partition coefficient (Wildman–Crippen LogP) is 1.80. The fourth-order valence-electron chi connectivity index (χ4n) is 2.42. The maximum atomic E-state index is 12.3. The van der Waals surface area contributed by atoms with Crippen LogP contribution >= 0.6 is 11.3 Å². The summed E-state index contributed by atoms with van der Waals surface area (Å²) in [6, 6.07) is -0.0364. The number of hydrogen-bond donors (Lipinski definition) is 1. The molecule has 1 atom stereocenters. The van der Waals surface area contributed by atoms with E-state index in [0.717, 1.165) is 17.0 Å². The van der Waals surface area contributed by atoms with E-state index in [0.29, 0.717) is 19.6 Å². The molecule has 1 N–H and O–H groups in total. The average Bonchev–Trinajstić information content (AvgIpc) is 2.98. The van der Waals surface area contributed by atoms with Gasteiger partial charge in [-0.15, -0.1) is 11.3 Å². The number of nitrogens with zero attached hydrogens (tertiary/aromatic N) is 3. The summed E-state index contributed by atoms with van der Waals surface area (Å²) in [5.74, 6) is -0.715. The predicted molar refractivity (Wildman–Crippen MR) is 75.6 cm³/mol. The standard InChI is InChI=1S/C13H19N3O3S/c1-9-11(20-8-14-9)7-15(2)13(19)16-4-3-10(6-16)5-12(17)18/h8,10H,3-7H2,1-2H3,(H,17,18). The number of carboxylic acids is 1. The van der Waals surface area contributed by atoms with Crippen molar-refractivity contribution >= 4 is 23.3 Å². The van der Waals surface area contributed by atoms with Gasteiger partial charge in [-0.1, -0.05) is 0 Å². The number of hydrogen-bond acceptors (Lipinski definition) is 4. The lowest BCUT2D eigenvalue weighted by Crippen LogP contribution is -2.39. The van der Waals surface area contributed by atoms with Crippen molar-refractivity contribution in [2.75, 3.05) is 20.1 Å². The van der Waals surface area contributed by atoms with Crippen LogP contribution in [0.2, 0.25) is 0 Å². The van der Waals surface area contributed by atoms with E-state index >= 15 is 0 Å². The van der Waals surface area contributed by atoms with Crippen LogP contribution in [0.1, 0.15) is 23.4 Å². The minimum atomic E-state index is -0.794. The van der Waals surface area contributed by atoms with Gasteiger partial charge >= 0.3 is 12.0 Å². The summed E-state index contributed by atoms with van der Waals surface area (Å²) >= 11 is 1.55. The summed E-state index contributed by atoms with van der Waals surface area (Å²) in [5, 5.41) is 8.79. The Bertz CT molecular complexity index is 503. The van der Waals surface area contributed by atoms with Crippen molar-refractivity contribution in [2.45, 2.75) is 26.3 Å². The SMILES string of the molecule is Cc1ncsc1CN(C)C(=O)N1CCC(CC(=O)O)C1. The van der Waals surface area contributed by atoms with Crippen LogP contribution in [0.15, 0.2) is 5.51 Å². The highest BCUT2D eigenvalue weighted by atomic mass is 32.1. The van der Waals surface area contributed by atoms with Crippen LogP contribution in [-0.2, 0) is 11.3 Å². The van der Waals surface area contributed by atoms with Gasteiger partial charge < -0.3 is 14.9 Å². The van der Waals surface area contributed by atoms with Crippen molar-refractivity contribution < 1.29 is 14.7 Å². The number of carboxylic acid groups (broad SMARTS) is 1. The van der Waals surface area contributed by atoms with E-state index in [1.807, 2.05) is 6.92 Å². The number of rotatable bonds is 4. The zero-order valence-corrected chi connectivity index (χ0v) is 12.5. The molecule has 1 aromatic heterocycles. The maximum Gasteiger partial charge on any atom is 0.320 e. The van der Waals surface area contributed by atoms with E-state index < -0.39 is 5.97 Å². The molecule has 1 aliphatic heterocycles. The van der Waals surface area contributed by atoms with Crippen LogP contribution in [0.4, 0.5) is 4.79 Å². The Hall–Kier alpha value is -1.63. The molecule has 0 spiro atoms. The molecule has 1 aliphatic rings. The van der Waals surface area contributed by atoms with Gasteiger partial charge in [-0.25, -0.2) is 9.78 Å². The highest BCUT2D eigenvalue weighted by Crippen LogP contribution is 2.22. The number of thiazole rings is 1. The van der Waals surface area contributed by atoms with E-state index in [-0.39, 0.29) is 18.4 Å². The first kappa shape index (κ1) is 14.8. The summed E-state index contributed by atoms with van der Waals surface area (Å²) in [4.78, 5) is 31.7. The fraction of sp³-hybridized carbons (Fsp3) is 0.615. The number of urea groups is 1. The van der Waals surface area contributed by atoms with Crippen molar-refractivity contribution in [1.29, 1.82) is 0 Å². The normalized spacial score (nSPS) is 18.3. The number of carbonyl (C=O) groups is 2. The molecule has 0 radical (unpaired) electrons. The molecule has 1 fully saturated rings. The summed E-state index contributed by atoms with van der Waals surface area (Å²) in [6.07, 6.45) is 0.910. The Balaban J connectivity index is 1.88. The maximum absolute atomic E-state index is 12.3. The Morgan fingerprint density at radius 1 is 1.60 bits per heavy atom. The second-order valence-electron chi connectivity index (χ2n) is 5.20. The first-order chi connectivity index (χ1) is 9.47. The first-order valence-corrected chi connectivity index (χ1v) is 7.46. The Kier molecular flexibility index (Phi) is 4.59. The third-order valence-corrected chi connectivity index (χ3v) is 4.49. The molecule has 1 unspecified atom stereocenters. The second-order valence-corrected chi connectivity index (χ2v) is 6.14. The highest BCUT2D eigenvalue weighted by Gasteiger charge is 2.29. The summed E-state index contributed by atoms with van der Waals surface area (Å²) in [6.45, 7) is 3.66. The topological polar surface area (TPSA) is 73.7 Å². The lowest BCUT2D eigenvalue weighted by molar-refractivity contribution is -0.138. The van der Waals surface area contributed by atoms with Crippen LogP contribution in [0.5, 0.6) is 0 Å². The van der Waals surface area contributed by atoms with E-state index in [9.17, 15) is 9.59 Å². The molecular weight excluding hydrogens is 278 g/mol. The van der Waals surface area contributed by atoms with Crippen molar-refractivity contribution in [3.63, 3.8) is 0 Å². The summed E-state index contributed by atoms with van der Waals surface area (Å²) < 4.78 is 0. The van der Waals surface area contributed by atoms with E-state index in [2.05, 4.69) is 4.98 Å². The Labute approximate surface area is 122 Å².